The maximum Gasteiger partial charge on any atom is 0.404 e. The summed E-state index contributed by atoms with van der Waals surface area (Å²) in [6, 6.07) is 9.84. The summed E-state index contributed by atoms with van der Waals surface area (Å²) in [6.07, 6.45) is -2.27. The van der Waals surface area contributed by atoms with Crippen molar-refractivity contribution in [3.63, 3.8) is 0 Å². The second kappa shape index (κ2) is 15.7. The van der Waals surface area contributed by atoms with Crippen molar-refractivity contribution >= 4 is 23.7 Å². The molecule has 3 N–H and O–H groups in total. The topological polar surface area (TPSA) is 170 Å². The first-order valence-corrected chi connectivity index (χ1v) is 17.2. The van der Waals surface area contributed by atoms with Crippen molar-refractivity contribution < 1.29 is 51.2 Å². The van der Waals surface area contributed by atoms with Crippen molar-refractivity contribution in [2.75, 3.05) is 39.4 Å². The lowest BCUT2D eigenvalue weighted by atomic mass is 10.0. The molecule has 0 aliphatic carbocycles. The quantitative estimate of drug-likeness (QED) is 0.198. The van der Waals surface area contributed by atoms with E-state index in [1.165, 1.54) is 22.5 Å². The summed E-state index contributed by atoms with van der Waals surface area (Å²) in [4.78, 5) is 11.6. The van der Waals surface area contributed by atoms with Crippen LogP contribution in [0.4, 0.5) is 4.79 Å². The van der Waals surface area contributed by atoms with Crippen LogP contribution in [0, 0.1) is 5.92 Å². The van der Waals surface area contributed by atoms with Crippen LogP contribution in [0.15, 0.2) is 47.4 Å². The largest absolute Gasteiger partial charge is 0.481 e. The minimum absolute atomic E-state index is 0.00881. The minimum atomic E-state index is -4.09. The van der Waals surface area contributed by atoms with Crippen LogP contribution in [-0.2, 0) is 30.1 Å². The number of hydrogen-bond acceptors (Lipinski definition) is 10. The number of sulfonamides is 1. The van der Waals surface area contributed by atoms with Gasteiger partial charge in [-0.3, -0.25) is 4.57 Å². The summed E-state index contributed by atoms with van der Waals surface area (Å²) in [5.41, 5.74) is 0.648. The van der Waals surface area contributed by atoms with Crippen molar-refractivity contribution in [1.82, 2.24) is 9.62 Å². The molecule has 15 heteroatoms. The lowest BCUT2D eigenvalue weighted by Crippen LogP contribution is -2.50. The van der Waals surface area contributed by atoms with Gasteiger partial charge in [-0.2, -0.15) is 4.31 Å². The number of carbonyl (C=O) groups is 1. The first-order valence-electron chi connectivity index (χ1n) is 14.1. The van der Waals surface area contributed by atoms with E-state index in [0.717, 1.165) is 0 Å². The first kappa shape index (κ1) is 34.6. The standard InChI is InChI=1S/C28H41N2O11PS/c1-5-20(4)16-30(43(35,36)23-12-13-26-27(15-23)38-18-37-26)17-25(31)24(29-28(32)33)14-21-8-10-22(11-9-21)39-19-42(34,40-6-2)41-7-3/h8-13,15,20,24-25,29,31H,5-7,14,16-19H2,1-4H3,(H,32,33)/t20-,24-,25+/m0/s1. The molecule has 0 saturated heterocycles. The van der Waals surface area contributed by atoms with Crippen LogP contribution < -0.4 is 19.5 Å². The average Bonchev–Trinajstić information content (AvgIpc) is 3.44. The van der Waals surface area contributed by atoms with Gasteiger partial charge in [0.1, 0.15) is 5.75 Å². The van der Waals surface area contributed by atoms with Gasteiger partial charge in [-0.1, -0.05) is 32.4 Å². The number of aliphatic hydroxyl groups excluding tert-OH is 1. The van der Waals surface area contributed by atoms with Gasteiger partial charge in [0.05, 0.1) is 30.3 Å². The van der Waals surface area contributed by atoms with E-state index in [1.807, 2.05) is 13.8 Å². The summed E-state index contributed by atoms with van der Waals surface area (Å²) >= 11 is 0. The zero-order valence-corrected chi connectivity index (χ0v) is 26.5. The predicted octanol–water partition coefficient (Wildman–Crippen LogP) is 4.29. The number of nitrogens with one attached hydrogen (secondary N) is 1. The molecule has 2 aromatic rings. The van der Waals surface area contributed by atoms with E-state index in [2.05, 4.69) is 5.32 Å². The fraction of sp³-hybridized carbons (Fsp3) is 0.536. The smallest absolute Gasteiger partial charge is 0.404 e. The molecule has 240 valence electrons. The lowest BCUT2D eigenvalue weighted by molar-refractivity contribution is 0.0974. The van der Waals surface area contributed by atoms with Gasteiger partial charge in [0.15, 0.2) is 17.8 Å². The second-order valence-corrected chi connectivity index (χ2v) is 14.0. The van der Waals surface area contributed by atoms with Crippen LogP contribution in [0.2, 0.25) is 0 Å². The average molecular weight is 645 g/mol. The van der Waals surface area contributed by atoms with Crippen LogP contribution in [0.5, 0.6) is 17.2 Å². The molecule has 0 spiro atoms. The molecular formula is C28H41N2O11PS. The Morgan fingerprint density at radius 2 is 1.70 bits per heavy atom. The Bertz CT molecular complexity index is 1350. The van der Waals surface area contributed by atoms with Gasteiger partial charge in [0, 0.05) is 19.2 Å². The van der Waals surface area contributed by atoms with Gasteiger partial charge in [0.2, 0.25) is 16.8 Å². The highest BCUT2D eigenvalue weighted by molar-refractivity contribution is 7.89. The zero-order valence-electron chi connectivity index (χ0n) is 24.8. The molecule has 1 aliphatic heterocycles. The number of nitrogens with zero attached hydrogens (tertiary/aromatic N) is 1. The molecule has 0 radical (unpaired) electrons. The number of benzene rings is 2. The third-order valence-corrected chi connectivity index (χ3v) is 10.4. The molecule has 0 bridgehead atoms. The number of rotatable bonds is 18. The van der Waals surface area contributed by atoms with Gasteiger partial charge in [-0.05, 0) is 56.0 Å². The summed E-state index contributed by atoms with van der Waals surface area (Å²) in [5, 5.41) is 23.0. The molecule has 43 heavy (non-hydrogen) atoms. The maximum atomic E-state index is 13.7. The van der Waals surface area contributed by atoms with Crippen LogP contribution in [0.25, 0.3) is 0 Å². The van der Waals surface area contributed by atoms with Crippen molar-refractivity contribution in [3.8, 4) is 17.2 Å². The van der Waals surface area contributed by atoms with E-state index in [0.29, 0.717) is 29.2 Å². The van der Waals surface area contributed by atoms with Gasteiger partial charge in [0.25, 0.3) is 0 Å². The van der Waals surface area contributed by atoms with Crippen molar-refractivity contribution in [1.29, 1.82) is 0 Å². The molecule has 1 aliphatic rings. The van der Waals surface area contributed by atoms with Gasteiger partial charge >= 0.3 is 13.7 Å². The third kappa shape index (κ3) is 9.82. The van der Waals surface area contributed by atoms with E-state index >= 15 is 0 Å². The van der Waals surface area contributed by atoms with Crippen LogP contribution in [0.3, 0.4) is 0 Å². The number of fused-ring (bicyclic) bond motifs is 1. The number of hydrogen-bond donors (Lipinski definition) is 3. The molecule has 3 rings (SSSR count). The fourth-order valence-corrected chi connectivity index (χ4v) is 7.26. The highest BCUT2D eigenvalue weighted by atomic mass is 32.2. The highest BCUT2D eigenvalue weighted by Gasteiger charge is 2.33. The highest BCUT2D eigenvalue weighted by Crippen LogP contribution is 2.47. The summed E-state index contributed by atoms with van der Waals surface area (Å²) < 4.78 is 67.9. The molecule has 0 unspecified atom stereocenters. The van der Waals surface area contributed by atoms with Crippen molar-refractivity contribution in [2.45, 2.75) is 57.6 Å². The first-order chi connectivity index (χ1) is 20.4. The monoisotopic (exact) mass is 644 g/mol. The SMILES string of the molecule is CCOP(=O)(COc1ccc(C[C@H](NC(=O)O)[C@H](O)CN(C[C@@H](C)CC)S(=O)(=O)c2ccc3c(c2)OCO3)cc1)OCC. The fourth-order valence-electron chi connectivity index (χ4n) is 4.35. The van der Waals surface area contributed by atoms with E-state index < -0.39 is 35.9 Å². The van der Waals surface area contributed by atoms with E-state index in [4.69, 9.17) is 23.3 Å². The van der Waals surface area contributed by atoms with Crippen LogP contribution >= 0.6 is 7.60 Å². The molecule has 0 fully saturated rings. The zero-order chi connectivity index (χ0) is 31.6. The van der Waals surface area contributed by atoms with Crippen molar-refractivity contribution in [3.05, 3.63) is 48.0 Å². The number of amides is 1. The predicted molar refractivity (Wildman–Crippen MR) is 158 cm³/mol. The Morgan fingerprint density at radius 3 is 2.30 bits per heavy atom. The maximum absolute atomic E-state index is 13.7. The Hall–Kier alpha value is -2.87. The molecule has 3 atom stereocenters. The van der Waals surface area contributed by atoms with Gasteiger partial charge in [-0.15, -0.1) is 0 Å². The Balaban J connectivity index is 1.76. The summed E-state index contributed by atoms with van der Waals surface area (Å²) in [5.74, 6) is 1.10. The Labute approximate surface area is 252 Å². The molecule has 1 amide bonds. The molecule has 0 aromatic heterocycles. The van der Waals surface area contributed by atoms with Gasteiger partial charge in [-0.25, -0.2) is 13.2 Å². The summed E-state index contributed by atoms with van der Waals surface area (Å²) in [7, 11) is -7.50. The molecule has 2 aromatic carbocycles. The minimum Gasteiger partial charge on any atom is -0.481 e. The second-order valence-electron chi connectivity index (χ2n) is 10.0. The van der Waals surface area contributed by atoms with Crippen LogP contribution in [-0.4, -0.2) is 80.6 Å². The number of carboxylic acid groups (broad SMARTS) is 1. The van der Waals surface area contributed by atoms with Crippen molar-refractivity contribution in [2.24, 2.45) is 5.92 Å². The Morgan fingerprint density at radius 1 is 1.05 bits per heavy atom. The number of ether oxygens (including phenoxy) is 3. The molecule has 0 saturated carbocycles. The lowest BCUT2D eigenvalue weighted by Gasteiger charge is -2.30. The normalized spacial score (nSPS) is 15.2. The van der Waals surface area contributed by atoms with E-state index in [-0.39, 0.29) is 56.7 Å². The van der Waals surface area contributed by atoms with Gasteiger partial charge < -0.3 is 38.8 Å². The molecular weight excluding hydrogens is 603 g/mol. The van der Waals surface area contributed by atoms with E-state index in [9.17, 15) is 28.0 Å². The Kier molecular flexibility index (Phi) is 12.7. The van der Waals surface area contributed by atoms with E-state index in [1.54, 1.807) is 38.1 Å². The molecule has 1 heterocycles. The number of aliphatic hydroxyl groups is 1. The van der Waals surface area contributed by atoms with Crippen LogP contribution in [0.1, 0.15) is 39.7 Å². The summed E-state index contributed by atoms with van der Waals surface area (Å²) in [6.45, 7) is 7.39. The third-order valence-electron chi connectivity index (χ3n) is 6.78. The molecule has 13 nitrogen and oxygen atoms in total.